The molecule has 0 unspecified atom stereocenters. The second kappa shape index (κ2) is 9.44. The van der Waals surface area contributed by atoms with Gasteiger partial charge < -0.3 is 5.32 Å². The van der Waals surface area contributed by atoms with Crippen LogP contribution in [0.4, 0.5) is 5.69 Å². The zero-order valence-corrected chi connectivity index (χ0v) is 19.0. The molecule has 0 saturated heterocycles. The highest BCUT2D eigenvalue weighted by atomic mass is 32.2. The number of hydrogen-bond acceptors (Lipinski definition) is 3. The first-order chi connectivity index (χ1) is 13.5. The van der Waals surface area contributed by atoms with Gasteiger partial charge in [-0.05, 0) is 54.2 Å². The molecule has 6 heteroatoms. The molecule has 0 aliphatic heterocycles. The quantitative estimate of drug-likeness (QED) is 0.695. The van der Waals surface area contributed by atoms with E-state index in [-0.39, 0.29) is 18.5 Å². The molecular formula is C23H32N2O3S. The molecule has 0 aromatic heterocycles. The summed E-state index contributed by atoms with van der Waals surface area (Å²) in [6, 6.07) is 14.6. The molecule has 29 heavy (non-hydrogen) atoms. The van der Waals surface area contributed by atoms with Gasteiger partial charge in [-0.2, -0.15) is 0 Å². The van der Waals surface area contributed by atoms with E-state index in [1.165, 1.54) is 10.6 Å². The summed E-state index contributed by atoms with van der Waals surface area (Å²) in [5.41, 5.74) is 3.01. The maximum atomic E-state index is 12.6. The summed E-state index contributed by atoms with van der Waals surface area (Å²) in [5, 5.41) is 3.10. The van der Waals surface area contributed by atoms with Crippen LogP contribution in [-0.4, -0.2) is 26.6 Å². The van der Waals surface area contributed by atoms with E-state index in [1.54, 1.807) is 18.2 Å². The van der Waals surface area contributed by atoms with E-state index in [2.05, 4.69) is 33.0 Å². The standard InChI is InChI=1S/C23H32N2O3S/c1-16(2)22(17(3)4)24-23(26)20-12-10-19(11-13-20)15-25(29(6,27)28)21-9-7-8-18(5)14-21/h7-14,16-17,22H,15H2,1-6H3,(H,24,26). The van der Waals surface area contributed by atoms with Crippen LogP contribution in [0.1, 0.15) is 49.2 Å². The van der Waals surface area contributed by atoms with Gasteiger partial charge in [-0.25, -0.2) is 8.42 Å². The van der Waals surface area contributed by atoms with Crippen molar-refractivity contribution < 1.29 is 13.2 Å². The highest BCUT2D eigenvalue weighted by Gasteiger charge is 2.21. The van der Waals surface area contributed by atoms with Crippen LogP contribution in [0, 0.1) is 18.8 Å². The van der Waals surface area contributed by atoms with Crippen molar-refractivity contribution in [1.82, 2.24) is 5.32 Å². The Morgan fingerprint density at radius 1 is 1.00 bits per heavy atom. The molecule has 0 spiro atoms. The summed E-state index contributed by atoms with van der Waals surface area (Å²) < 4.78 is 26.0. The molecule has 0 heterocycles. The van der Waals surface area contributed by atoms with Gasteiger partial charge in [-0.15, -0.1) is 0 Å². The van der Waals surface area contributed by atoms with Gasteiger partial charge in [0.15, 0.2) is 0 Å². The van der Waals surface area contributed by atoms with E-state index in [0.29, 0.717) is 23.1 Å². The summed E-state index contributed by atoms with van der Waals surface area (Å²) in [4.78, 5) is 12.6. The Balaban J connectivity index is 2.19. The first-order valence-corrected chi connectivity index (χ1v) is 11.8. The number of nitrogens with one attached hydrogen (secondary N) is 1. The molecule has 2 rings (SSSR count). The van der Waals surface area contributed by atoms with Crippen molar-refractivity contribution in [2.75, 3.05) is 10.6 Å². The predicted octanol–water partition coefficient (Wildman–Crippen LogP) is 4.37. The molecule has 5 nitrogen and oxygen atoms in total. The highest BCUT2D eigenvalue weighted by Crippen LogP contribution is 2.22. The van der Waals surface area contributed by atoms with Crippen LogP contribution in [0.3, 0.4) is 0 Å². The Morgan fingerprint density at radius 2 is 1.59 bits per heavy atom. The first-order valence-electron chi connectivity index (χ1n) is 9.93. The molecule has 158 valence electrons. The van der Waals surface area contributed by atoms with E-state index in [4.69, 9.17) is 0 Å². The number of carbonyl (C=O) groups excluding carboxylic acids is 1. The number of anilines is 1. The van der Waals surface area contributed by atoms with Gasteiger partial charge in [0.25, 0.3) is 5.91 Å². The molecule has 2 aromatic rings. The van der Waals surface area contributed by atoms with Crippen LogP contribution in [0.5, 0.6) is 0 Å². The fourth-order valence-corrected chi connectivity index (χ4v) is 4.33. The van der Waals surface area contributed by atoms with Crippen molar-refractivity contribution in [2.45, 2.75) is 47.2 Å². The lowest BCUT2D eigenvalue weighted by Crippen LogP contribution is -2.42. The molecule has 0 atom stereocenters. The third-order valence-electron chi connectivity index (χ3n) is 4.97. The van der Waals surface area contributed by atoms with Crippen LogP contribution in [0.2, 0.25) is 0 Å². The van der Waals surface area contributed by atoms with Crippen LogP contribution in [-0.2, 0) is 16.6 Å². The summed E-state index contributed by atoms with van der Waals surface area (Å²) in [7, 11) is -3.44. The van der Waals surface area contributed by atoms with E-state index in [1.807, 2.05) is 37.3 Å². The third-order valence-corrected chi connectivity index (χ3v) is 6.11. The summed E-state index contributed by atoms with van der Waals surface area (Å²) >= 11 is 0. The van der Waals surface area contributed by atoms with Crippen molar-refractivity contribution in [3.05, 3.63) is 65.2 Å². The van der Waals surface area contributed by atoms with Crippen molar-refractivity contribution >= 4 is 21.6 Å². The van der Waals surface area contributed by atoms with Crippen LogP contribution in [0.15, 0.2) is 48.5 Å². The third kappa shape index (κ3) is 6.32. The van der Waals surface area contributed by atoms with Gasteiger partial charge >= 0.3 is 0 Å². The maximum absolute atomic E-state index is 12.6. The number of amides is 1. The minimum Gasteiger partial charge on any atom is -0.349 e. The normalized spacial score (nSPS) is 11.9. The van der Waals surface area contributed by atoms with Crippen molar-refractivity contribution in [3.63, 3.8) is 0 Å². The lowest BCUT2D eigenvalue weighted by atomic mass is 9.93. The minimum atomic E-state index is -3.44. The number of benzene rings is 2. The molecular weight excluding hydrogens is 384 g/mol. The van der Waals surface area contributed by atoms with E-state index in [0.717, 1.165) is 11.1 Å². The lowest BCUT2D eigenvalue weighted by molar-refractivity contribution is 0.0910. The molecule has 0 aliphatic rings. The molecule has 2 aromatic carbocycles. The summed E-state index contributed by atoms with van der Waals surface area (Å²) in [6.07, 6.45) is 1.20. The maximum Gasteiger partial charge on any atom is 0.251 e. The number of nitrogens with zero attached hydrogens (tertiary/aromatic N) is 1. The second-order valence-corrected chi connectivity index (χ2v) is 10.2. The van der Waals surface area contributed by atoms with Gasteiger partial charge in [0, 0.05) is 11.6 Å². The van der Waals surface area contributed by atoms with Crippen molar-refractivity contribution in [3.8, 4) is 0 Å². The monoisotopic (exact) mass is 416 g/mol. The number of carbonyl (C=O) groups is 1. The average Bonchev–Trinajstić information content (AvgIpc) is 2.63. The van der Waals surface area contributed by atoms with Crippen LogP contribution < -0.4 is 9.62 Å². The zero-order valence-electron chi connectivity index (χ0n) is 18.1. The Morgan fingerprint density at radius 3 is 2.07 bits per heavy atom. The first kappa shape index (κ1) is 22.9. The number of rotatable bonds is 8. The van der Waals surface area contributed by atoms with E-state index < -0.39 is 10.0 Å². The molecule has 0 fully saturated rings. The SMILES string of the molecule is Cc1cccc(N(Cc2ccc(C(=O)NC(C(C)C)C(C)C)cc2)S(C)(=O)=O)c1. The Bertz CT molecular complexity index is 927. The van der Waals surface area contributed by atoms with E-state index >= 15 is 0 Å². The van der Waals surface area contributed by atoms with Crippen LogP contribution in [0.25, 0.3) is 0 Å². The number of hydrogen-bond donors (Lipinski definition) is 1. The largest absolute Gasteiger partial charge is 0.349 e. The zero-order chi connectivity index (χ0) is 21.8. The summed E-state index contributed by atoms with van der Waals surface area (Å²) in [5.74, 6) is 0.578. The highest BCUT2D eigenvalue weighted by molar-refractivity contribution is 7.92. The Kier molecular flexibility index (Phi) is 7.47. The Hall–Kier alpha value is -2.34. The average molecular weight is 417 g/mol. The molecule has 1 N–H and O–H groups in total. The second-order valence-electron chi connectivity index (χ2n) is 8.29. The van der Waals surface area contributed by atoms with E-state index in [9.17, 15) is 13.2 Å². The molecule has 0 aliphatic carbocycles. The van der Waals surface area contributed by atoms with Gasteiger partial charge in [0.2, 0.25) is 10.0 Å². The Labute approximate surface area is 175 Å². The summed E-state index contributed by atoms with van der Waals surface area (Å²) in [6.45, 7) is 10.5. The molecule has 0 radical (unpaired) electrons. The fourth-order valence-electron chi connectivity index (χ4n) is 3.45. The molecule has 0 saturated carbocycles. The predicted molar refractivity (Wildman–Crippen MR) is 120 cm³/mol. The molecule has 1 amide bonds. The smallest absolute Gasteiger partial charge is 0.251 e. The molecule has 0 bridgehead atoms. The van der Waals surface area contributed by atoms with Crippen LogP contribution >= 0.6 is 0 Å². The van der Waals surface area contributed by atoms with Gasteiger partial charge in [-0.1, -0.05) is 52.0 Å². The minimum absolute atomic E-state index is 0.101. The van der Waals surface area contributed by atoms with Crippen molar-refractivity contribution in [2.24, 2.45) is 11.8 Å². The van der Waals surface area contributed by atoms with Gasteiger partial charge in [0.1, 0.15) is 0 Å². The lowest BCUT2D eigenvalue weighted by Gasteiger charge is -2.26. The van der Waals surface area contributed by atoms with Gasteiger partial charge in [-0.3, -0.25) is 9.10 Å². The van der Waals surface area contributed by atoms with Crippen molar-refractivity contribution in [1.29, 1.82) is 0 Å². The number of sulfonamides is 1. The van der Waals surface area contributed by atoms with Gasteiger partial charge in [0.05, 0.1) is 18.5 Å². The fraction of sp³-hybridized carbons (Fsp3) is 0.435. The topological polar surface area (TPSA) is 66.5 Å². The number of aryl methyl sites for hydroxylation is 1.